The van der Waals surface area contributed by atoms with Gasteiger partial charge in [0.25, 0.3) is 5.56 Å². The lowest BCUT2D eigenvalue weighted by Crippen LogP contribution is -2.21. The van der Waals surface area contributed by atoms with E-state index in [1.165, 1.54) is 0 Å². The summed E-state index contributed by atoms with van der Waals surface area (Å²) >= 11 is 3.40. The Morgan fingerprint density at radius 3 is 2.54 bits per heavy atom. The number of benzene rings is 2. The molecule has 0 radical (unpaired) electrons. The molecule has 1 heterocycles. The minimum Gasteiger partial charge on any atom is -0.493 e. The number of halogens is 1. The first-order valence-electron chi connectivity index (χ1n) is 7.39. The van der Waals surface area contributed by atoms with Crippen LogP contribution in [0.1, 0.15) is 11.1 Å². The van der Waals surface area contributed by atoms with Crippen molar-refractivity contribution in [2.45, 2.75) is 13.5 Å². The minimum atomic E-state index is -0.0736. The summed E-state index contributed by atoms with van der Waals surface area (Å²) in [5.41, 5.74) is 2.61. The number of hydrogen-bond acceptors (Lipinski definition) is 4. The largest absolute Gasteiger partial charge is 0.493 e. The number of methoxy groups -OCH3 is 2. The number of hydrogen-bond donors (Lipinski definition) is 0. The van der Waals surface area contributed by atoms with E-state index in [0.29, 0.717) is 28.9 Å². The molecular weight excluding hydrogens is 372 g/mol. The van der Waals surface area contributed by atoms with Crippen LogP contribution in [0.5, 0.6) is 11.5 Å². The first kappa shape index (κ1) is 16.5. The van der Waals surface area contributed by atoms with Crippen LogP contribution in [0.2, 0.25) is 0 Å². The fourth-order valence-corrected chi connectivity index (χ4v) is 2.98. The monoisotopic (exact) mass is 388 g/mol. The Balaban J connectivity index is 2.07. The van der Waals surface area contributed by atoms with Gasteiger partial charge in [0.15, 0.2) is 11.5 Å². The second-order valence-corrected chi connectivity index (χ2v) is 6.39. The standard InChI is InChI=1S/C18H17BrN2O3/c1-11-6-16(23-2)17(24-3)7-12(11)9-21-10-20-15-5-4-13(19)8-14(15)18(21)22/h4-8,10H,9H2,1-3H3. The SMILES string of the molecule is COc1cc(C)c(Cn2cnc3ccc(Br)cc3c2=O)cc1OC. The van der Waals surface area contributed by atoms with E-state index >= 15 is 0 Å². The van der Waals surface area contributed by atoms with Crippen LogP contribution in [0, 0.1) is 6.92 Å². The van der Waals surface area contributed by atoms with Gasteiger partial charge in [-0.25, -0.2) is 4.98 Å². The van der Waals surface area contributed by atoms with Gasteiger partial charge in [-0.15, -0.1) is 0 Å². The van der Waals surface area contributed by atoms with Crippen LogP contribution in [0.3, 0.4) is 0 Å². The van der Waals surface area contributed by atoms with Gasteiger partial charge in [-0.2, -0.15) is 0 Å². The molecule has 0 N–H and O–H groups in total. The molecule has 0 amide bonds. The molecule has 0 spiro atoms. The van der Waals surface area contributed by atoms with Crippen molar-refractivity contribution in [3.8, 4) is 11.5 Å². The molecule has 3 aromatic rings. The van der Waals surface area contributed by atoms with Gasteiger partial charge in [0.1, 0.15) is 0 Å². The molecule has 0 aliphatic heterocycles. The zero-order valence-corrected chi connectivity index (χ0v) is 15.3. The first-order valence-corrected chi connectivity index (χ1v) is 8.19. The van der Waals surface area contributed by atoms with Crippen molar-refractivity contribution in [1.29, 1.82) is 0 Å². The van der Waals surface area contributed by atoms with Crippen LogP contribution in [-0.2, 0) is 6.54 Å². The molecule has 0 aliphatic rings. The quantitative estimate of drug-likeness (QED) is 0.685. The van der Waals surface area contributed by atoms with Crippen LogP contribution < -0.4 is 15.0 Å². The Kier molecular flexibility index (Phi) is 4.57. The Morgan fingerprint density at radius 1 is 1.12 bits per heavy atom. The molecule has 0 atom stereocenters. The highest BCUT2D eigenvalue weighted by Crippen LogP contribution is 2.30. The average Bonchev–Trinajstić information content (AvgIpc) is 2.59. The highest BCUT2D eigenvalue weighted by molar-refractivity contribution is 9.10. The van der Waals surface area contributed by atoms with Gasteiger partial charge in [-0.3, -0.25) is 9.36 Å². The molecule has 6 heteroatoms. The predicted octanol–water partition coefficient (Wildman–Crippen LogP) is 3.53. The summed E-state index contributed by atoms with van der Waals surface area (Å²) in [5.74, 6) is 1.31. The van der Waals surface area contributed by atoms with Crippen molar-refractivity contribution >= 4 is 26.8 Å². The van der Waals surface area contributed by atoms with E-state index in [1.54, 1.807) is 31.2 Å². The van der Waals surface area contributed by atoms with Gasteiger partial charge < -0.3 is 9.47 Å². The summed E-state index contributed by atoms with van der Waals surface area (Å²) < 4.78 is 13.1. The van der Waals surface area contributed by atoms with Crippen LogP contribution in [0.15, 0.2) is 45.9 Å². The lowest BCUT2D eigenvalue weighted by atomic mass is 10.1. The van der Waals surface area contributed by atoms with E-state index < -0.39 is 0 Å². The molecular formula is C18H17BrN2O3. The maximum Gasteiger partial charge on any atom is 0.261 e. The number of nitrogens with zero attached hydrogens (tertiary/aromatic N) is 2. The fraction of sp³-hybridized carbons (Fsp3) is 0.222. The van der Waals surface area contributed by atoms with Crippen LogP contribution >= 0.6 is 15.9 Å². The molecule has 0 unspecified atom stereocenters. The Hall–Kier alpha value is -2.34. The third-order valence-electron chi connectivity index (χ3n) is 3.97. The summed E-state index contributed by atoms with van der Waals surface area (Å²) in [4.78, 5) is 17.1. The second-order valence-electron chi connectivity index (χ2n) is 5.47. The van der Waals surface area contributed by atoms with Gasteiger partial charge in [0, 0.05) is 4.47 Å². The van der Waals surface area contributed by atoms with Crippen molar-refractivity contribution in [2.24, 2.45) is 0 Å². The molecule has 0 saturated carbocycles. The van der Waals surface area contributed by atoms with Crippen LogP contribution in [0.4, 0.5) is 0 Å². The minimum absolute atomic E-state index is 0.0736. The Labute approximate surface area is 148 Å². The molecule has 0 aliphatic carbocycles. The van der Waals surface area contributed by atoms with Gasteiger partial charge >= 0.3 is 0 Å². The van der Waals surface area contributed by atoms with Gasteiger partial charge in [0.2, 0.25) is 0 Å². The third-order valence-corrected chi connectivity index (χ3v) is 4.46. The summed E-state index contributed by atoms with van der Waals surface area (Å²) in [5, 5.41) is 0.588. The predicted molar refractivity (Wildman–Crippen MR) is 97.1 cm³/mol. The number of aryl methyl sites for hydroxylation is 1. The van der Waals surface area contributed by atoms with Gasteiger partial charge in [0.05, 0.1) is 38.0 Å². The molecule has 3 rings (SSSR count). The fourth-order valence-electron chi connectivity index (χ4n) is 2.62. The molecule has 2 aromatic carbocycles. The molecule has 5 nitrogen and oxygen atoms in total. The summed E-state index contributed by atoms with van der Waals surface area (Å²) in [6, 6.07) is 9.29. The highest BCUT2D eigenvalue weighted by atomic mass is 79.9. The van der Waals surface area contributed by atoms with Crippen molar-refractivity contribution in [1.82, 2.24) is 9.55 Å². The Bertz CT molecular complexity index is 966. The molecule has 0 bridgehead atoms. The molecule has 0 fully saturated rings. The first-order chi connectivity index (χ1) is 11.5. The van der Waals surface area contributed by atoms with Crippen molar-refractivity contribution in [3.63, 3.8) is 0 Å². The number of fused-ring (bicyclic) bond motifs is 1. The van der Waals surface area contributed by atoms with E-state index in [0.717, 1.165) is 15.6 Å². The van der Waals surface area contributed by atoms with E-state index in [9.17, 15) is 4.79 Å². The molecule has 1 aromatic heterocycles. The van der Waals surface area contributed by atoms with Crippen molar-refractivity contribution in [3.05, 3.63) is 62.6 Å². The zero-order valence-electron chi connectivity index (χ0n) is 13.7. The van der Waals surface area contributed by atoms with Crippen LogP contribution in [-0.4, -0.2) is 23.8 Å². The van der Waals surface area contributed by atoms with Gasteiger partial charge in [-0.1, -0.05) is 15.9 Å². The van der Waals surface area contributed by atoms with E-state index in [4.69, 9.17) is 9.47 Å². The average molecular weight is 389 g/mol. The zero-order chi connectivity index (χ0) is 17.3. The number of ether oxygens (including phenoxy) is 2. The summed E-state index contributed by atoms with van der Waals surface area (Å²) in [6.45, 7) is 2.40. The maximum absolute atomic E-state index is 12.7. The van der Waals surface area contributed by atoms with E-state index in [-0.39, 0.29) is 5.56 Å². The highest BCUT2D eigenvalue weighted by Gasteiger charge is 2.11. The topological polar surface area (TPSA) is 53.4 Å². The Morgan fingerprint density at radius 2 is 1.83 bits per heavy atom. The smallest absolute Gasteiger partial charge is 0.261 e. The lowest BCUT2D eigenvalue weighted by Gasteiger charge is -2.14. The molecule has 0 saturated heterocycles. The number of rotatable bonds is 4. The second kappa shape index (κ2) is 6.65. The number of aromatic nitrogens is 2. The summed E-state index contributed by atoms with van der Waals surface area (Å²) in [7, 11) is 3.20. The summed E-state index contributed by atoms with van der Waals surface area (Å²) in [6.07, 6.45) is 1.58. The maximum atomic E-state index is 12.7. The van der Waals surface area contributed by atoms with Crippen molar-refractivity contribution in [2.75, 3.05) is 14.2 Å². The lowest BCUT2D eigenvalue weighted by molar-refractivity contribution is 0.354. The van der Waals surface area contributed by atoms with Crippen molar-refractivity contribution < 1.29 is 9.47 Å². The van der Waals surface area contributed by atoms with E-state index in [1.807, 2.05) is 31.2 Å². The molecule has 24 heavy (non-hydrogen) atoms. The molecule has 124 valence electrons. The third kappa shape index (κ3) is 3.01. The van der Waals surface area contributed by atoms with E-state index in [2.05, 4.69) is 20.9 Å². The van der Waals surface area contributed by atoms with Crippen LogP contribution in [0.25, 0.3) is 10.9 Å². The normalized spacial score (nSPS) is 10.8. The van der Waals surface area contributed by atoms with Gasteiger partial charge in [-0.05, 0) is 48.4 Å².